The van der Waals surface area contributed by atoms with Crippen molar-refractivity contribution in [1.29, 1.82) is 0 Å². The lowest BCUT2D eigenvalue weighted by Gasteiger charge is -2.13. The third-order valence-electron chi connectivity index (χ3n) is 4.22. The molecule has 1 heterocycles. The lowest BCUT2D eigenvalue weighted by Crippen LogP contribution is -2.20. The molecule has 3 aromatic rings. The maximum Gasteiger partial charge on any atom is 0.323 e. The largest absolute Gasteiger partial charge is 0.376 e. The molecule has 2 amide bonds. The number of para-hydroxylation sites is 1. The van der Waals surface area contributed by atoms with E-state index in [1.54, 1.807) is 6.20 Å². The molecule has 3 N–H and O–H groups in total. The molecule has 7 heteroatoms. The topological polar surface area (TPSA) is 82.2 Å². The van der Waals surface area contributed by atoms with Gasteiger partial charge in [-0.3, -0.25) is 0 Å². The molecule has 3 rings (SSSR count). The van der Waals surface area contributed by atoms with Gasteiger partial charge in [0.15, 0.2) is 5.82 Å². The van der Waals surface area contributed by atoms with Gasteiger partial charge in [0.05, 0.1) is 11.9 Å². The van der Waals surface area contributed by atoms with Crippen molar-refractivity contribution in [1.82, 2.24) is 10.2 Å². The lowest BCUT2D eigenvalue weighted by molar-refractivity contribution is 0.262. The summed E-state index contributed by atoms with van der Waals surface area (Å²) in [6.07, 6.45) is 2.56. The standard InChI is InChI=1S/C21H24N6O/c1-4-15-7-5-6-8-19(15)25-21(28)24-17-11-9-16(10-12-17)23-20-13-18(27(2)3)14-22-26-20/h5-14H,4H2,1-3H3,(H,23,26)(H2,24,25,28). The molecule has 144 valence electrons. The maximum absolute atomic E-state index is 12.3. The van der Waals surface area contributed by atoms with Crippen molar-refractivity contribution in [3.63, 3.8) is 0 Å². The van der Waals surface area contributed by atoms with Gasteiger partial charge in [0, 0.05) is 37.2 Å². The average Bonchev–Trinajstić information content (AvgIpc) is 2.70. The number of benzene rings is 2. The highest BCUT2D eigenvalue weighted by Crippen LogP contribution is 2.20. The number of hydrogen-bond donors (Lipinski definition) is 3. The molecule has 0 saturated carbocycles. The van der Waals surface area contributed by atoms with Crippen molar-refractivity contribution in [2.75, 3.05) is 34.9 Å². The fourth-order valence-electron chi connectivity index (χ4n) is 2.68. The normalized spacial score (nSPS) is 10.2. The van der Waals surface area contributed by atoms with Crippen LogP contribution in [-0.2, 0) is 6.42 Å². The van der Waals surface area contributed by atoms with E-state index in [2.05, 4.69) is 33.1 Å². The summed E-state index contributed by atoms with van der Waals surface area (Å²) < 4.78 is 0. The molecular weight excluding hydrogens is 352 g/mol. The van der Waals surface area contributed by atoms with Gasteiger partial charge in [0.1, 0.15) is 0 Å². The van der Waals surface area contributed by atoms with Gasteiger partial charge in [-0.25, -0.2) is 4.79 Å². The van der Waals surface area contributed by atoms with Crippen molar-refractivity contribution in [3.05, 3.63) is 66.4 Å². The molecule has 0 aliphatic carbocycles. The van der Waals surface area contributed by atoms with Gasteiger partial charge >= 0.3 is 6.03 Å². The Balaban J connectivity index is 1.61. The van der Waals surface area contributed by atoms with Crippen molar-refractivity contribution in [2.24, 2.45) is 0 Å². The maximum atomic E-state index is 12.3. The summed E-state index contributed by atoms with van der Waals surface area (Å²) in [4.78, 5) is 14.2. The van der Waals surface area contributed by atoms with Crippen molar-refractivity contribution < 1.29 is 4.79 Å². The van der Waals surface area contributed by atoms with Crippen LogP contribution in [0.25, 0.3) is 0 Å². The molecule has 0 aliphatic heterocycles. The lowest BCUT2D eigenvalue weighted by atomic mass is 10.1. The minimum absolute atomic E-state index is 0.272. The second-order valence-electron chi connectivity index (χ2n) is 6.49. The van der Waals surface area contributed by atoms with Crippen molar-refractivity contribution >= 4 is 34.6 Å². The second-order valence-corrected chi connectivity index (χ2v) is 6.49. The summed E-state index contributed by atoms with van der Waals surface area (Å²) in [6, 6.07) is 16.8. The van der Waals surface area contributed by atoms with Gasteiger partial charge in [-0.2, -0.15) is 5.10 Å². The predicted molar refractivity (Wildman–Crippen MR) is 115 cm³/mol. The summed E-state index contributed by atoms with van der Waals surface area (Å²) in [5.41, 5.74) is 4.43. The molecule has 0 radical (unpaired) electrons. The molecule has 0 fully saturated rings. The van der Waals surface area contributed by atoms with E-state index in [0.29, 0.717) is 11.5 Å². The Morgan fingerprint density at radius 1 is 1.00 bits per heavy atom. The fraction of sp³-hybridized carbons (Fsp3) is 0.190. The first-order chi connectivity index (χ1) is 13.5. The van der Waals surface area contributed by atoms with Gasteiger partial charge in [-0.15, -0.1) is 5.10 Å². The number of aryl methyl sites for hydroxylation is 1. The van der Waals surface area contributed by atoms with Gasteiger partial charge in [0.25, 0.3) is 0 Å². The first-order valence-corrected chi connectivity index (χ1v) is 9.08. The number of nitrogens with zero attached hydrogens (tertiary/aromatic N) is 3. The van der Waals surface area contributed by atoms with Crippen LogP contribution in [0.2, 0.25) is 0 Å². The number of amides is 2. The van der Waals surface area contributed by atoms with Crippen LogP contribution in [0.4, 0.5) is 33.4 Å². The van der Waals surface area contributed by atoms with Crippen LogP contribution < -0.4 is 20.9 Å². The molecule has 0 bridgehead atoms. The monoisotopic (exact) mass is 376 g/mol. The third-order valence-corrected chi connectivity index (χ3v) is 4.22. The zero-order valence-electron chi connectivity index (χ0n) is 16.2. The van der Waals surface area contributed by atoms with Crippen LogP contribution in [-0.4, -0.2) is 30.3 Å². The van der Waals surface area contributed by atoms with E-state index in [1.807, 2.05) is 73.6 Å². The molecule has 28 heavy (non-hydrogen) atoms. The number of aromatic nitrogens is 2. The van der Waals surface area contributed by atoms with E-state index >= 15 is 0 Å². The Kier molecular flexibility index (Phi) is 6.06. The SMILES string of the molecule is CCc1ccccc1NC(=O)Nc1ccc(Nc2cc(N(C)C)cnn2)cc1. The smallest absolute Gasteiger partial charge is 0.323 e. The highest BCUT2D eigenvalue weighted by Gasteiger charge is 2.06. The summed E-state index contributed by atoms with van der Waals surface area (Å²) in [7, 11) is 3.90. The Morgan fingerprint density at radius 3 is 2.43 bits per heavy atom. The Bertz CT molecular complexity index is 940. The fourth-order valence-corrected chi connectivity index (χ4v) is 2.68. The Morgan fingerprint density at radius 2 is 1.71 bits per heavy atom. The quantitative estimate of drug-likeness (QED) is 0.590. The average molecular weight is 376 g/mol. The summed E-state index contributed by atoms with van der Waals surface area (Å²) in [5, 5.41) is 17.0. The first-order valence-electron chi connectivity index (χ1n) is 9.08. The van der Waals surface area contributed by atoms with Crippen LogP contribution >= 0.6 is 0 Å². The summed E-state index contributed by atoms with van der Waals surface area (Å²) >= 11 is 0. The second kappa shape index (κ2) is 8.85. The number of nitrogens with one attached hydrogen (secondary N) is 3. The van der Waals surface area contributed by atoms with Gasteiger partial charge in [-0.1, -0.05) is 25.1 Å². The van der Waals surface area contributed by atoms with Crippen molar-refractivity contribution in [3.8, 4) is 0 Å². The zero-order chi connectivity index (χ0) is 19.9. The molecule has 0 saturated heterocycles. The first kappa shape index (κ1) is 19.2. The number of carbonyl (C=O) groups is 1. The highest BCUT2D eigenvalue weighted by atomic mass is 16.2. The molecule has 1 aromatic heterocycles. The van der Waals surface area contributed by atoms with Gasteiger partial charge in [-0.05, 0) is 42.3 Å². The Labute approximate surface area is 164 Å². The van der Waals surface area contributed by atoms with Crippen LogP contribution in [0.3, 0.4) is 0 Å². The molecule has 0 unspecified atom stereocenters. The molecule has 2 aromatic carbocycles. The van der Waals surface area contributed by atoms with E-state index in [0.717, 1.165) is 29.0 Å². The van der Waals surface area contributed by atoms with Crippen LogP contribution in [0.1, 0.15) is 12.5 Å². The van der Waals surface area contributed by atoms with E-state index in [1.165, 1.54) is 0 Å². The molecule has 0 spiro atoms. The molecular formula is C21H24N6O. The minimum atomic E-state index is -0.272. The summed E-state index contributed by atoms with van der Waals surface area (Å²) in [6.45, 7) is 2.06. The third kappa shape index (κ3) is 4.97. The molecule has 0 aliphatic rings. The highest BCUT2D eigenvalue weighted by molar-refractivity contribution is 6.00. The number of carbonyl (C=O) groups excluding carboxylic acids is 1. The van der Waals surface area contributed by atoms with E-state index in [9.17, 15) is 4.79 Å². The van der Waals surface area contributed by atoms with Gasteiger partial charge in [0.2, 0.25) is 0 Å². The minimum Gasteiger partial charge on any atom is -0.376 e. The van der Waals surface area contributed by atoms with E-state index in [4.69, 9.17) is 0 Å². The molecule has 0 atom stereocenters. The van der Waals surface area contributed by atoms with E-state index in [-0.39, 0.29) is 6.03 Å². The number of rotatable bonds is 6. The summed E-state index contributed by atoms with van der Waals surface area (Å²) in [5.74, 6) is 0.654. The predicted octanol–water partition coefficient (Wildman–Crippen LogP) is 4.49. The Hall–Kier alpha value is -3.61. The van der Waals surface area contributed by atoms with E-state index < -0.39 is 0 Å². The number of anilines is 5. The van der Waals surface area contributed by atoms with Crippen LogP contribution in [0.15, 0.2) is 60.8 Å². The van der Waals surface area contributed by atoms with Crippen LogP contribution in [0, 0.1) is 0 Å². The van der Waals surface area contributed by atoms with Gasteiger partial charge < -0.3 is 20.9 Å². The zero-order valence-corrected chi connectivity index (χ0v) is 16.2. The van der Waals surface area contributed by atoms with Crippen LogP contribution in [0.5, 0.6) is 0 Å². The molecule has 7 nitrogen and oxygen atoms in total. The number of urea groups is 1. The number of hydrogen-bond acceptors (Lipinski definition) is 5. The van der Waals surface area contributed by atoms with Crippen molar-refractivity contribution in [2.45, 2.75) is 13.3 Å².